The smallest absolute Gasteiger partial charge is 0.254 e. The number of carbonyl (C=O) groups is 1. The molecular formula is C19H21N5O2S. The van der Waals surface area contributed by atoms with Crippen molar-refractivity contribution in [2.45, 2.75) is 12.8 Å². The SMILES string of the molecule is O=C(c1ccncc1)N1CCN(CCCc2nc(-c3cccs3)no2)CC1. The summed E-state index contributed by atoms with van der Waals surface area (Å²) in [5.74, 6) is 1.44. The first kappa shape index (κ1) is 17.8. The number of aromatic nitrogens is 3. The molecule has 0 atom stereocenters. The number of thiophene rings is 1. The van der Waals surface area contributed by atoms with E-state index in [1.165, 1.54) is 0 Å². The van der Waals surface area contributed by atoms with Gasteiger partial charge < -0.3 is 9.42 Å². The first-order chi connectivity index (χ1) is 13.3. The molecule has 140 valence electrons. The van der Waals surface area contributed by atoms with Crippen molar-refractivity contribution in [3.05, 3.63) is 53.5 Å². The Kier molecular flexibility index (Phi) is 5.55. The molecule has 0 aliphatic carbocycles. The molecule has 0 unspecified atom stereocenters. The average molecular weight is 383 g/mol. The number of amides is 1. The summed E-state index contributed by atoms with van der Waals surface area (Å²) in [5, 5.41) is 6.05. The van der Waals surface area contributed by atoms with E-state index < -0.39 is 0 Å². The van der Waals surface area contributed by atoms with Crippen LogP contribution in [-0.2, 0) is 6.42 Å². The van der Waals surface area contributed by atoms with Gasteiger partial charge in [-0.25, -0.2) is 0 Å². The van der Waals surface area contributed by atoms with E-state index in [2.05, 4.69) is 20.0 Å². The number of pyridine rings is 1. The van der Waals surface area contributed by atoms with Gasteiger partial charge in [-0.2, -0.15) is 4.98 Å². The van der Waals surface area contributed by atoms with Gasteiger partial charge in [-0.05, 0) is 36.5 Å². The Morgan fingerprint density at radius 1 is 1.15 bits per heavy atom. The highest BCUT2D eigenvalue weighted by atomic mass is 32.1. The van der Waals surface area contributed by atoms with Crippen LogP contribution in [-0.4, -0.2) is 63.6 Å². The number of aryl methyl sites for hydroxylation is 1. The van der Waals surface area contributed by atoms with Crippen LogP contribution in [0.25, 0.3) is 10.7 Å². The Morgan fingerprint density at radius 3 is 2.70 bits per heavy atom. The molecule has 7 nitrogen and oxygen atoms in total. The minimum atomic E-state index is 0.0871. The summed E-state index contributed by atoms with van der Waals surface area (Å²) in [6.45, 7) is 4.25. The largest absolute Gasteiger partial charge is 0.339 e. The maximum atomic E-state index is 12.5. The van der Waals surface area contributed by atoms with E-state index in [1.54, 1.807) is 35.9 Å². The first-order valence-corrected chi connectivity index (χ1v) is 9.96. The Bertz CT molecular complexity index is 857. The molecule has 4 heterocycles. The molecule has 3 aromatic heterocycles. The fraction of sp³-hybridized carbons (Fsp3) is 0.368. The highest BCUT2D eigenvalue weighted by Gasteiger charge is 2.22. The number of rotatable bonds is 6. The molecule has 0 aromatic carbocycles. The van der Waals surface area contributed by atoms with Crippen LogP contribution in [0.3, 0.4) is 0 Å². The standard InChI is InChI=1S/C19H21N5O2S/c25-19(15-5-7-20-8-6-15)24-12-10-23(11-13-24)9-1-4-17-21-18(22-26-17)16-3-2-14-27-16/h2-3,5-8,14H,1,4,9-13H2. The predicted octanol–water partition coefficient (Wildman–Crippen LogP) is 2.58. The highest BCUT2D eigenvalue weighted by molar-refractivity contribution is 7.13. The van der Waals surface area contributed by atoms with Crippen molar-refractivity contribution in [3.63, 3.8) is 0 Å². The van der Waals surface area contributed by atoms with E-state index in [1.807, 2.05) is 22.4 Å². The lowest BCUT2D eigenvalue weighted by Gasteiger charge is -2.34. The van der Waals surface area contributed by atoms with Gasteiger partial charge in [0.2, 0.25) is 11.7 Å². The van der Waals surface area contributed by atoms with Crippen LogP contribution in [0.4, 0.5) is 0 Å². The van der Waals surface area contributed by atoms with Gasteiger partial charge in [-0.15, -0.1) is 11.3 Å². The summed E-state index contributed by atoms with van der Waals surface area (Å²) >= 11 is 1.61. The topological polar surface area (TPSA) is 75.4 Å². The van der Waals surface area contributed by atoms with Crippen LogP contribution < -0.4 is 0 Å². The molecule has 1 saturated heterocycles. The van der Waals surface area contributed by atoms with Crippen LogP contribution in [0.2, 0.25) is 0 Å². The number of nitrogens with zero attached hydrogens (tertiary/aromatic N) is 5. The van der Waals surface area contributed by atoms with Gasteiger partial charge in [0.15, 0.2) is 0 Å². The third-order valence-corrected chi connectivity index (χ3v) is 5.53. The highest BCUT2D eigenvalue weighted by Crippen LogP contribution is 2.21. The number of hydrogen-bond donors (Lipinski definition) is 0. The molecule has 0 N–H and O–H groups in total. The normalized spacial score (nSPS) is 15.2. The number of hydrogen-bond acceptors (Lipinski definition) is 7. The molecule has 1 fully saturated rings. The fourth-order valence-electron chi connectivity index (χ4n) is 3.17. The van der Waals surface area contributed by atoms with Gasteiger partial charge in [0.1, 0.15) is 0 Å². The third-order valence-electron chi connectivity index (χ3n) is 4.66. The molecule has 27 heavy (non-hydrogen) atoms. The lowest BCUT2D eigenvalue weighted by Crippen LogP contribution is -2.48. The fourth-order valence-corrected chi connectivity index (χ4v) is 3.82. The number of carbonyl (C=O) groups excluding carboxylic acids is 1. The molecule has 0 radical (unpaired) electrons. The van der Waals surface area contributed by atoms with Crippen molar-refractivity contribution in [1.82, 2.24) is 24.9 Å². The summed E-state index contributed by atoms with van der Waals surface area (Å²) in [5.41, 5.74) is 0.705. The second-order valence-electron chi connectivity index (χ2n) is 6.46. The van der Waals surface area contributed by atoms with Crippen molar-refractivity contribution < 1.29 is 9.32 Å². The van der Waals surface area contributed by atoms with E-state index in [4.69, 9.17) is 4.52 Å². The third kappa shape index (κ3) is 4.40. The zero-order valence-electron chi connectivity index (χ0n) is 15.0. The Balaban J connectivity index is 1.20. The van der Waals surface area contributed by atoms with E-state index in [-0.39, 0.29) is 5.91 Å². The lowest BCUT2D eigenvalue weighted by molar-refractivity contribution is 0.0635. The van der Waals surface area contributed by atoms with Crippen molar-refractivity contribution in [1.29, 1.82) is 0 Å². The van der Waals surface area contributed by atoms with Crippen molar-refractivity contribution in [2.75, 3.05) is 32.7 Å². The summed E-state index contributed by atoms with van der Waals surface area (Å²) in [4.78, 5) is 26.2. The molecular weight excluding hydrogens is 362 g/mol. The Labute approximate surface area is 161 Å². The summed E-state index contributed by atoms with van der Waals surface area (Å²) in [6, 6.07) is 7.51. The van der Waals surface area contributed by atoms with Crippen LogP contribution in [0.1, 0.15) is 22.7 Å². The van der Waals surface area contributed by atoms with Crippen molar-refractivity contribution in [3.8, 4) is 10.7 Å². The lowest BCUT2D eigenvalue weighted by atomic mass is 10.2. The predicted molar refractivity (Wildman–Crippen MR) is 103 cm³/mol. The van der Waals surface area contributed by atoms with Crippen LogP contribution in [0, 0.1) is 0 Å². The Hall–Kier alpha value is -2.58. The van der Waals surface area contributed by atoms with Gasteiger partial charge in [0, 0.05) is 50.6 Å². The molecule has 4 rings (SSSR count). The number of piperazine rings is 1. The summed E-state index contributed by atoms with van der Waals surface area (Å²) < 4.78 is 5.34. The van der Waals surface area contributed by atoms with E-state index >= 15 is 0 Å². The summed E-state index contributed by atoms with van der Waals surface area (Å²) in [6.07, 6.45) is 5.05. The zero-order valence-corrected chi connectivity index (χ0v) is 15.8. The van der Waals surface area contributed by atoms with E-state index in [9.17, 15) is 4.79 Å². The maximum absolute atomic E-state index is 12.5. The van der Waals surface area contributed by atoms with Crippen molar-refractivity contribution >= 4 is 17.2 Å². The molecule has 0 spiro atoms. The van der Waals surface area contributed by atoms with Gasteiger partial charge in [0.05, 0.1) is 4.88 Å². The molecule has 1 aliphatic heterocycles. The second-order valence-corrected chi connectivity index (χ2v) is 7.41. The van der Waals surface area contributed by atoms with Gasteiger partial charge in [-0.1, -0.05) is 11.2 Å². The van der Waals surface area contributed by atoms with Crippen LogP contribution in [0.15, 0.2) is 46.6 Å². The molecule has 1 aliphatic rings. The molecule has 0 saturated carbocycles. The van der Waals surface area contributed by atoms with E-state index in [0.717, 1.165) is 50.4 Å². The monoisotopic (exact) mass is 383 g/mol. The Morgan fingerprint density at radius 2 is 1.96 bits per heavy atom. The van der Waals surface area contributed by atoms with Gasteiger partial charge in [0.25, 0.3) is 5.91 Å². The van der Waals surface area contributed by atoms with Gasteiger partial charge in [-0.3, -0.25) is 14.7 Å². The first-order valence-electron chi connectivity index (χ1n) is 9.08. The second kappa shape index (κ2) is 8.41. The minimum absolute atomic E-state index is 0.0871. The van der Waals surface area contributed by atoms with Crippen LogP contribution in [0.5, 0.6) is 0 Å². The molecule has 0 bridgehead atoms. The van der Waals surface area contributed by atoms with Gasteiger partial charge >= 0.3 is 0 Å². The maximum Gasteiger partial charge on any atom is 0.254 e. The van der Waals surface area contributed by atoms with E-state index in [0.29, 0.717) is 17.3 Å². The average Bonchev–Trinajstić information content (AvgIpc) is 3.40. The molecule has 8 heteroatoms. The summed E-state index contributed by atoms with van der Waals surface area (Å²) in [7, 11) is 0. The van der Waals surface area contributed by atoms with Crippen LogP contribution >= 0.6 is 11.3 Å². The zero-order chi connectivity index (χ0) is 18.5. The molecule has 1 amide bonds. The minimum Gasteiger partial charge on any atom is -0.339 e. The molecule has 3 aromatic rings. The quantitative estimate of drug-likeness (QED) is 0.651. The van der Waals surface area contributed by atoms with Crippen molar-refractivity contribution in [2.24, 2.45) is 0 Å².